The van der Waals surface area contributed by atoms with Gasteiger partial charge >= 0.3 is 0 Å². The van der Waals surface area contributed by atoms with E-state index in [1.54, 1.807) is 0 Å². The van der Waals surface area contributed by atoms with Crippen molar-refractivity contribution in [2.75, 3.05) is 19.7 Å². The minimum absolute atomic E-state index is 0.283. The first kappa shape index (κ1) is 15.8. The van der Waals surface area contributed by atoms with E-state index < -0.39 is 6.10 Å². The summed E-state index contributed by atoms with van der Waals surface area (Å²) in [6.45, 7) is 6.94. The van der Waals surface area contributed by atoms with Crippen LogP contribution in [0.25, 0.3) is 0 Å². The van der Waals surface area contributed by atoms with Crippen LogP contribution in [0.4, 0.5) is 0 Å². The van der Waals surface area contributed by atoms with Crippen LogP contribution < -0.4 is 0 Å². The number of nitrogens with zero attached hydrogens (tertiary/aromatic N) is 1. The fourth-order valence-corrected chi connectivity index (χ4v) is 2.83. The van der Waals surface area contributed by atoms with Gasteiger partial charge in [0.05, 0.1) is 18.8 Å². The van der Waals surface area contributed by atoms with Gasteiger partial charge in [0.1, 0.15) is 0 Å². The molecule has 1 aliphatic rings. The molecule has 1 aromatic rings. The number of rotatable bonds is 5. The van der Waals surface area contributed by atoms with Crippen molar-refractivity contribution in [1.29, 1.82) is 0 Å². The fraction of sp³-hybridized carbons (Fsp3) is 0.625. The van der Waals surface area contributed by atoms with Crippen LogP contribution >= 0.6 is 11.6 Å². The molecule has 2 rings (SSSR count). The van der Waals surface area contributed by atoms with Crippen LogP contribution in [0.1, 0.15) is 38.4 Å². The zero-order chi connectivity index (χ0) is 14.5. The Morgan fingerprint density at radius 2 is 2.10 bits per heavy atom. The van der Waals surface area contributed by atoms with E-state index in [1.165, 1.54) is 0 Å². The van der Waals surface area contributed by atoms with Crippen LogP contribution in [0.15, 0.2) is 24.3 Å². The lowest BCUT2D eigenvalue weighted by molar-refractivity contribution is -0.0591. The average molecular weight is 298 g/mol. The molecule has 0 aliphatic carbocycles. The number of ether oxygens (including phenoxy) is 1. The average Bonchev–Trinajstić information content (AvgIpc) is 2.45. The molecule has 0 amide bonds. The smallest absolute Gasteiger partial charge is 0.0802 e. The van der Waals surface area contributed by atoms with Crippen LogP contribution in [0.3, 0.4) is 0 Å². The van der Waals surface area contributed by atoms with Crippen molar-refractivity contribution in [3.05, 3.63) is 34.9 Å². The second-order valence-corrected chi connectivity index (χ2v) is 5.99. The van der Waals surface area contributed by atoms with E-state index in [1.807, 2.05) is 24.3 Å². The van der Waals surface area contributed by atoms with Gasteiger partial charge in [-0.3, -0.25) is 4.90 Å². The van der Waals surface area contributed by atoms with Gasteiger partial charge in [-0.2, -0.15) is 0 Å². The molecule has 1 fully saturated rings. The minimum atomic E-state index is -0.428. The first-order chi connectivity index (χ1) is 9.60. The summed E-state index contributed by atoms with van der Waals surface area (Å²) in [5.41, 5.74) is 0.934. The van der Waals surface area contributed by atoms with Crippen molar-refractivity contribution in [2.45, 2.75) is 44.9 Å². The molecular weight excluding hydrogens is 274 g/mol. The van der Waals surface area contributed by atoms with Gasteiger partial charge in [0.25, 0.3) is 0 Å². The Morgan fingerprint density at radius 3 is 2.75 bits per heavy atom. The summed E-state index contributed by atoms with van der Waals surface area (Å²) in [5.74, 6) is 0. The van der Waals surface area contributed by atoms with Crippen molar-refractivity contribution in [3.8, 4) is 0 Å². The summed E-state index contributed by atoms with van der Waals surface area (Å²) in [4.78, 5) is 2.44. The van der Waals surface area contributed by atoms with E-state index in [9.17, 15) is 5.11 Å². The normalized spacial score (nSPS) is 25.6. The number of aliphatic hydroxyl groups is 1. The highest BCUT2D eigenvalue weighted by Gasteiger charge is 2.25. The lowest BCUT2D eigenvalue weighted by atomic mass is 10.0. The quantitative estimate of drug-likeness (QED) is 0.905. The summed E-state index contributed by atoms with van der Waals surface area (Å²) in [5, 5.41) is 11.0. The van der Waals surface area contributed by atoms with E-state index in [-0.39, 0.29) is 6.10 Å². The molecule has 3 unspecified atom stereocenters. The third kappa shape index (κ3) is 4.19. The van der Waals surface area contributed by atoms with Crippen molar-refractivity contribution in [3.63, 3.8) is 0 Å². The molecule has 1 saturated heterocycles. The maximum absolute atomic E-state index is 10.3. The standard InChI is InChI=1S/C16H24ClNO2/c1-3-15-11-20-12(2)10-18(15)9-8-16(19)13-4-6-14(17)7-5-13/h4-7,12,15-16,19H,3,8-11H2,1-2H3. The summed E-state index contributed by atoms with van der Waals surface area (Å²) in [6, 6.07) is 7.92. The highest BCUT2D eigenvalue weighted by molar-refractivity contribution is 6.30. The summed E-state index contributed by atoms with van der Waals surface area (Å²) in [6.07, 6.45) is 1.68. The van der Waals surface area contributed by atoms with Crippen molar-refractivity contribution < 1.29 is 9.84 Å². The molecule has 1 aliphatic heterocycles. The SMILES string of the molecule is CCC1COC(C)CN1CCC(O)c1ccc(Cl)cc1. The van der Waals surface area contributed by atoms with Gasteiger partial charge in [-0.05, 0) is 37.5 Å². The Morgan fingerprint density at radius 1 is 1.40 bits per heavy atom. The number of halogens is 1. The Balaban J connectivity index is 1.88. The molecule has 0 saturated carbocycles. The number of benzene rings is 1. The zero-order valence-electron chi connectivity index (χ0n) is 12.3. The van der Waals surface area contributed by atoms with E-state index >= 15 is 0 Å². The number of hydrogen-bond acceptors (Lipinski definition) is 3. The third-order valence-electron chi connectivity index (χ3n) is 4.00. The molecule has 0 radical (unpaired) electrons. The lowest BCUT2D eigenvalue weighted by Crippen LogP contribution is -2.48. The number of aliphatic hydroxyl groups excluding tert-OH is 1. The molecule has 1 aromatic carbocycles. The summed E-state index contributed by atoms with van der Waals surface area (Å²) < 4.78 is 5.70. The molecule has 0 aromatic heterocycles. The topological polar surface area (TPSA) is 32.7 Å². The van der Waals surface area contributed by atoms with Gasteiger partial charge in [-0.15, -0.1) is 0 Å². The molecule has 4 heteroatoms. The van der Waals surface area contributed by atoms with E-state index in [0.717, 1.165) is 38.1 Å². The molecule has 3 nitrogen and oxygen atoms in total. The first-order valence-electron chi connectivity index (χ1n) is 7.39. The highest BCUT2D eigenvalue weighted by Crippen LogP contribution is 2.21. The van der Waals surface area contributed by atoms with Crippen LogP contribution in [-0.2, 0) is 4.74 Å². The largest absolute Gasteiger partial charge is 0.388 e. The van der Waals surface area contributed by atoms with Gasteiger partial charge in [0, 0.05) is 24.2 Å². The summed E-state index contributed by atoms with van der Waals surface area (Å²) in [7, 11) is 0. The fourth-order valence-electron chi connectivity index (χ4n) is 2.70. The minimum Gasteiger partial charge on any atom is -0.388 e. The van der Waals surface area contributed by atoms with Gasteiger partial charge in [0.15, 0.2) is 0 Å². The van der Waals surface area contributed by atoms with Gasteiger partial charge in [-0.1, -0.05) is 30.7 Å². The second-order valence-electron chi connectivity index (χ2n) is 5.56. The molecule has 3 atom stereocenters. The first-order valence-corrected chi connectivity index (χ1v) is 7.77. The van der Waals surface area contributed by atoms with Crippen LogP contribution in [0.2, 0.25) is 5.02 Å². The van der Waals surface area contributed by atoms with E-state index in [2.05, 4.69) is 18.7 Å². The maximum atomic E-state index is 10.3. The Hall–Kier alpha value is -0.610. The predicted octanol–water partition coefficient (Wildman–Crippen LogP) is 3.26. The van der Waals surface area contributed by atoms with Crippen molar-refractivity contribution in [1.82, 2.24) is 4.90 Å². The number of morpholine rings is 1. The van der Waals surface area contributed by atoms with Crippen LogP contribution in [0, 0.1) is 0 Å². The van der Waals surface area contributed by atoms with Gasteiger partial charge in [0.2, 0.25) is 0 Å². The van der Waals surface area contributed by atoms with Crippen molar-refractivity contribution in [2.24, 2.45) is 0 Å². The highest BCUT2D eigenvalue weighted by atomic mass is 35.5. The monoisotopic (exact) mass is 297 g/mol. The van der Waals surface area contributed by atoms with Crippen molar-refractivity contribution >= 4 is 11.6 Å². The van der Waals surface area contributed by atoms with E-state index in [0.29, 0.717) is 11.1 Å². The van der Waals surface area contributed by atoms with Gasteiger partial charge < -0.3 is 9.84 Å². The zero-order valence-corrected chi connectivity index (χ0v) is 13.0. The van der Waals surface area contributed by atoms with Crippen LogP contribution in [0.5, 0.6) is 0 Å². The molecular formula is C16H24ClNO2. The summed E-state index contributed by atoms with van der Waals surface area (Å²) >= 11 is 5.87. The molecule has 0 spiro atoms. The second kappa shape index (κ2) is 7.41. The predicted molar refractivity (Wildman–Crippen MR) is 82.1 cm³/mol. The Bertz CT molecular complexity index is 409. The Kier molecular flexibility index (Phi) is 5.85. The maximum Gasteiger partial charge on any atom is 0.0802 e. The molecule has 0 bridgehead atoms. The Labute approximate surface area is 126 Å². The van der Waals surface area contributed by atoms with E-state index in [4.69, 9.17) is 16.3 Å². The molecule has 112 valence electrons. The van der Waals surface area contributed by atoms with Crippen LogP contribution in [-0.4, -0.2) is 41.8 Å². The number of hydrogen-bond donors (Lipinski definition) is 1. The molecule has 1 heterocycles. The lowest BCUT2D eigenvalue weighted by Gasteiger charge is -2.38. The molecule has 1 N–H and O–H groups in total. The third-order valence-corrected chi connectivity index (χ3v) is 4.25. The van der Waals surface area contributed by atoms with Gasteiger partial charge in [-0.25, -0.2) is 0 Å². The molecule has 20 heavy (non-hydrogen) atoms.